The van der Waals surface area contributed by atoms with Crippen molar-refractivity contribution in [3.8, 4) is 0 Å². The average Bonchev–Trinajstić information content (AvgIpc) is 2.05. The Labute approximate surface area is 90.3 Å². The fraction of sp³-hybridized carbons (Fsp3) is 0.250. The Morgan fingerprint density at radius 3 is 2.42 bits per heavy atom. The number of hydrogen-bond acceptors (Lipinski definition) is 2. The zero-order valence-electron chi connectivity index (χ0n) is 6.53. The lowest BCUT2D eigenvalue weighted by Crippen LogP contribution is -2.00. The maximum absolute atomic E-state index is 10.9. The molecule has 0 bridgehead atoms. The Balaban J connectivity index is 0.00000121. The number of carbonyl (C=O) groups is 1. The van der Waals surface area contributed by atoms with Crippen molar-refractivity contribution in [1.82, 2.24) is 4.98 Å². The Hall–Kier alpha value is -0.220. The molecule has 0 aliphatic carbocycles. The largest absolute Gasteiger partial charge is 0.298 e. The number of pyridine rings is 1. The van der Waals surface area contributed by atoms with Crippen LogP contribution in [-0.2, 0) is 4.79 Å². The summed E-state index contributed by atoms with van der Waals surface area (Å²) < 4.78 is 0. The highest BCUT2D eigenvalue weighted by Crippen LogP contribution is 2.22. The molecule has 2 nitrogen and oxygen atoms in total. The molecule has 0 saturated heterocycles. The smallest absolute Gasteiger partial charge is 0.147 e. The van der Waals surface area contributed by atoms with Crippen LogP contribution < -0.4 is 0 Å². The number of Topliss-reactive ketones (excluding diaryl/α,β-unsaturated/α-hetero) is 1. The summed E-state index contributed by atoms with van der Waals surface area (Å²) in [7, 11) is 0. The SMILES string of the molecule is Br.CC(=O)C(Br)c1ccncc1. The van der Waals surface area contributed by atoms with E-state index < -0.39 is 0 Å². The molecule has 0 spiro atoms. The first kappa shape index (κ1) is 11.8. The molecule has 0 aromatic carbocycles. The van der Waals surface area contributed by atoms with Crippen LogP contribution in [0.1, 0.15) is 17.3 Å². The summed E-state index contributed by atoms with van der Waals surface area (Å²) in [6, 6.07) is 3.64. The highest BCUT2D eigenvalue weighted by molar-refractivity contribution is 9.09. The first-order chi connectivity index (χ1) is 5.22. The van der Waals surface area contributed by atoms with E-state index in [0.29, 0.717) is 0 Å². The Morgan fingerprint density at radius 1 is 1.50 bits per heavy atom. The predicted octanol–water partition coefficient (Wildman–Crippen LogP) is 2.68. The van der Waals surface area contributed by atoms with Crippen molar-refractivity contribution in [1.29, 1.82) is 0 Å². The van der Waals surface area contributed by atoms with Gasteiger partial charge < -0.3 is 0 Å². The van der Waals surface area contributed by atoms with E-state index in [0.717, 1.165) is 5.56 Å². The van der Waals surface area contributed by atoms with Crippen molar-refractivity contribution in [2.24, 2.45) is 0 Å². The molecule has 1 aromatic heterocycles. The van der Waals surface area contributed by atoms with Crippen molar-refractivity contribution in [2.45, 2.75) is 11.8 Å². The molecule has 1 unspecified atom stereocenters. The monoisotopic (exact) mass is 293 g/mol. The van der Waals surface area contributed by atoms with Crippen LogP contribution in [-0.4, -0.2) is 10.8 Å². The topological polar surface area (TPSA) is 30.0 Å². The molecule has 0 fully saturated rings. The lowest BCUT2D eigenvalue weighted by Gasteiger charge is -2.03. The summed E-state index contributed by atoms with van der Waals surface area (Å²) in [4.78, 5) is 14.5. The van der Waals surface area contributed by atoms with Gasteiger partial charge in [0.2, 0.25) is 0 Å². The van der Waals surface area contributed by atoms with Crippen LogP contribution in [0.5, 0.6) is 0 Å². The molecule has 0 N–H and O–H groups in total. The minimum Gasteiger partial charge on any atom is -0.298 e. The number of rotatable bonds is 2. The van der Waals surface area contributed by atoms with Crippen molar-refractivity contribution in [3.63, 3.8) is 0 Å². The van der Waals surface area contributed by atoms with Gasteiger partial charge in [0.05, 0.1) is 4.83 Å². The standard InChI is InChI=1S/C8H8BrNO.BrH/c1-6(11)8(9)7-2-4-10-5-3-7;/h2-5,8H,1H3;1H. The van der Waals surface area contributed by atoms with Gasteiger partial charge in [0.1, 0.15) is 5.78 Å². The van der Waals surface area contributed by atoms with Crippen molar-refractivity contribution in [2.75, 3.05) is 0 Å². The molecule has 1 aromatic rings. The Bertz CT molecular complexity index is 250. The lowest BCUT2D eigenvalue weighted by molar-refractivity contribution is -0.116. The molecule has 0 aliphatic rings. The molecule has 0 amide bonds. The average molecular weight is 295 g/mol. The predicted molar refractivity (Wildman–Crippen MR) is 56.9 cm³/mol. The minimum atomic E-state index is -0.189. The molecule has 0 radical (unpaired) electrons. The fourth-order valence-corrected chi connectivity index (χ4v) is 1.07. The summed E-state index contributed by atoms with van der Waals surface area (Å²) in [5.74, 6) is 0.108. The van der Waals surface area contributed by atoms with Crippen LogP contribution in [0.15, 0.2) is 24.5 Å². The maximum atomic E-state index is 10.9. The van der Waals surface area contributed by atoms with Gasteiger partial charge in [0.15, 0.2) is 0 Å². The summed E-state index contributed by atoms with van der Waals surface area (Å²) in [6.45, 7) is 1.56. The van der Waals surface area contributed by atoms with Crippen LogP contribution in [0, 0.1) is 0 Å². The summed E-state index contributed by atoms with van der Waals surface area (Å²) in [5.41, 5.74) is 0.951. The third-order valence-electron chi connectivity index (χ3n) is 1.36. The Morgan fingerprint density at radius 2 is 2.00 bits per heavy atom. The second-order valence-electron chi connectivity index (χ2n) is 2.25. The third-order valence-corrected chi connectivity index (χ3v) is 2.53. The van der Waals surface area contributed by atoms with Crippen molar-refractivity contribution in [3.05, 3.63) is 30.1 Å². The zero-order valence-corrected chi connectivity index (χ0v) is 9.83. The van der Waals surface area contributed by atoms with Gasteiger partial charge in [-0.05, 0) is 24.6 Å². The summed E-state index contributed by atoms with van der Waals surface area (Å²) >= 11 is 3.27. The quantitative estimate of drug-likeness (QED) is 0.785. The summed E-state index contributed by atoms with van der Waals surface area (Å²) in [5, 5.41) is 0. The van der Waals surface area contributed by atoms with Crippen LogP contribution in [0.25, 0.3) is 0 Å². The molecule has 4 heteroatoms. The molecule has 66 valence electrons. The van der Waals surface area contributed by atoms with Crippen LogP contribution in [0.4, 0.5) is 0 Å². The molecular weight excluding hydrogens is 286 g/mol. The van der Waals surface area contributed by atoms with Gasteiger partial charge in [-0.25, -0.2) is 0 Å². The Kier molecular flexibility index (Phi) is 5.33. The van der Waals surface area contributed by atoms with Crippen LogP contribution in [0.3, 0.4) is 0 Å². The van der Waals surface area contributed by atoms with E-state index in [1.54, 1.807) is 19.3 Å². The molecular formula is C8H9Br2NO. The lowest BCUT2D eigenvalue weighted by atomic mass is 10.1. The first-order valence-electron chi connectivity index (χ1n) is 3.26. The van der Waals surface area contributed by atoms with Gasteiger partial charge in [-0.3, -0.25) is 9.78 Å². The van der Waals surface area contributed by atoms with E-state index in [1.165, 1.54) is 0 Å². The number of aromatic nitrogens is 1. The fourth-order valence-electron chi connectivity index (χ4n) is 0.767. The van der Waals surface area contributed by atoms with Gasteiger partial charge >= 0.3 is 0 Å². The molecule has 12 heavy (non-hydrogen) atoms. The maximum Gasteiger partial charge on any atom is 0.147 e. The van der Waals surface area contributed by atoms with Gasteiger partial charge in [-0.1, -0.05) is 15.9 Å². The first-order valence-corrected chi connectivity index (χ1v) is 4.18. The number of nitrogens with zero attached hydrogens (tertiary/aromatic N) is 1. The van der Waals surface area contributed by atoms with Crippen LogP contribution >= 0.6 is 32.9 Å². The highest BCUT2D eigenvalue weighted by Gasteiger charge is 2.10. The normalized spacial score (nSPS) is 11.5. The van der Waals surface area contributed by atoms with Crippen molar-refractivity contribution >= 4 is 38.7 Å². The van der Waals surface area contributed by atoms with E-state index in [4.69, 9.17) is 0 Å². The van der Waals surface area contributed by atoms with Gasteiger partial charge in [-0.15, -0.1) is 17.0 Å². The third kappa shape index (κ3) is 3.03. The number of ketones is 1. The van der Waals surface area contributed by atoms with Gasteiger partial charge in [0, 0.05) is 12.4 Å². The second kappa shape index (κ2) is 5.43. The zero-order chi connectivity index (χ0) is 8.27. The molecule has 1 atom stereocenters. The van der Waals surface area contributed by atoms with E-state index in [9.17, 15) is 4.79 Å². The number of halogens is 2. The second-order valence-corrected chi connectivity index (χ2v) is 3.17. The van der Waals surface area contributed by atoms with Gasteiger partial charge in [-0.2, -0.15) is 0 Å². The number of hydrogen-bond donors (Lipinski definition) is 0. The molecule has 0 saturated carbocycles. The van der Waals surface area contributed by atoms with Gasteiger partial charge in [0.25, 0.3) is 0 Å². The molecule has 0 aliphatic heterocycles. The molecule has 1 rings (SSSR count). The van der Waals surface area contributed by atoms with E-state index in [1.807, 2.05) is 12.1 Å². The molecule has 1 heterocycles. The number of carbonyl (C=O) groups excluding carboxylic acids is 1. The number of alkyl halides is 1. The van der Waals surface area contributed by atoms with Crippen LogP contribution in [0.2, 0.25) is 0 Å². The summed E-state index contributed by atoms with van der Waals surface area (Å²) in [6.07, 6.45) is 3.35. The van der Waals surface area contributed by atoms with E-state index in [-0.39, 0.29) is 27.6 Å². The van der Waals surface area contributed by atoms with E-state index in [2.05, 4.69) is 20.9 Å². The minimum absolute atomic E-state index is 0. The van der Waals surface area contributed by atoms with Crippen molar-refractivity contribution < 1.29 is 4.79 Å². The highest BCUT2D eigenvalue weighted by atomic mass is 79.9. The van der Waals surface area contributed by atoms with E-state index >= 15 is 0 Å².